The lowest BCUT2D eigenvalue weighted by Crippen LogP contribution is -2.57. The van der Waals surface area contributed by atoms with Crippen LogP contribution in [0.3, 0.4) is 0 Å². The molecule has 0 unspecified atom stereocenters. The summed E-state index contributed by atoms with van der Waals surface area (Å²) in [6, 6.07) is 5.39. The van der Waals surface area contributed by atoms with Crippen LogP contribution in [0.4, 0.5) is 10.5 Å². The zero-order valence-corrected chi connectivity index (χ0v) is 15.9. The molecule has 4 amide bonds. The first-order valence-corrected chi connectivity index (χ1v) is 8.91. The fourth-order valence-corrected chi connectivity index (χ4v) is 3.69. The molecule has 26 heavy (non-hydrogen) atoms. The fraction of sp³-hybridized carbons (Fsp3) is 0.235. The summed E-state index contributed by atoms with van der Waals surface area (Å²) < 4.78 is 0. The number of thiocarbonyl (C=S) groups is 1. The molecule has 0 spiro atoms. The van der Waals surface area contributed by atoms with Crippen LogP contribution < -0.4 is 10.2 Å². The maximum Gasteiger partial charge on any atom is 0.293 e. The van der Waals surface area contributed by atoms with E-state index in [-0.39, 0.29) is 10.0 Å². The van der Waals surface area contributed by atoms with Gasteiger partial charge in [-0.25, -0.2) is 0 Å². The van der Waals surface area contributed by atoms with E-state index in [0.29, 0.717) is 17.4 Å². The van der Waals surface area contributed by atoms with Crippen LogP contribution >= 0.6 is 24.0 Å². The average molecular weight is 389 g/mol. The molecule has 1 aromatic rings. The number of benzene rings is 1. The number of likely N-dealkylation sites (N-methyl/N-ethyl adjacent to an activating group) is 1. The zero-order chi connectivity index (χ0) is 19.2. The minimum atomic E-state index is -1.24. The molecule has 1 atom stereocenters. The highest BCUT2D eigenvalue weighted by molar-refractivity contribution is 8.18. The molecule has 0 radical (unpaired) electrons. The van der Waals surface area contributed by atoms with Gasteiger partial charge in [0, 0.05) is 7.05 Å². The Morgan fingerprint density at radius 3 is 2.42 bits per heavy atom. The highest BCUT2D eigenvalue weighted by Gasteiger charge is 2.41. The Balaban J connectivity index is 1.97. The zero-order valence-electron chi connectivity index (χ0n) is 14.2. The number of rotatable bonds is 2. The van der Waals surface area contributed by atoms with Gasteiger partial charge in [-0.15, -0.1) is 0 Å². The summed E-state index contributed by atoms with van der Waals surface area (Å²) in [7, 11) is 1.35. The van der Waals surface area contributed by atoms with E-state index in [4.69, 9.17) is 12.2 Å². The van der Waals surface area contributed by atoms with Crippen LogP contribution in [0.1, 0.15) is 11.1 Å². The van der Waals surface area contributed by atoms with Gasteiger partial charge in [0.05, 0.1) is 10.6 Å². The lowest BCUT2D eigenvalue weighted by Gasteiger charge is -2.31. The smallest absolute Gasteiger partial charge is 0.293 e. The number of hydrogen-bond acceptors (Lipinski definition) is 6. The van der Waals surface area contributed by atoms with Gasteiger partial charge in [0.15, 0.2) is 5.11 Å². The van der Waals surface area contributed by atoms with Crippen molar-refractivity contribution in [3.05, 3.63) is 40.3 Å². The lowest BCUT2D eigenvalue weighted by molar-refractivity contribution is -0.131. The Morgan fingerprint density at radius 2 is 1.85 bits per heavy atom. The van der Waals surface area contributed by atoms with Crippen molar-refractivity contribution in [1.82, 2.24) is 10.2 Å². The van der Waals surface area contributed by atoms with Crippen molar-refractivity contribution in [3.8, 4) is 0 Å². The van der Waals surface area contributed by atoms with Crippen LogP contribution in [-0.4, -0.2) is 40.0 Å². The average Bonchev–Trinajstić information content (AvgIpc) is 2.81. The molecule has 0 bridgehead atoms. The number of imide groups is 1. The molecule has 1 N–H and O–H groups in total. The summed E-state index contributed by atoms with van der Waals surface area (Å²) in [5.74, 6) is -2.96. The Kier molecular flexibility index (Phi) is 4.68. The largest absolute Gasteiger partial charge is 0.301 e. The minimum absolute atomic E-state index is 0.0171. The van der Waals surface area contributed by atoms with Gasteiger partial charge in [0.25, 0.3) is 11.1 Å². The number of carbonyl (C=O) groups excluding carboxylic acids is 4. The van der Waals surface area contributed by atoms with Gasteiger partial charge in [0.1, 0.15) is 5.92 Å². The standard InChI is InChI=1S/C17H15N3O4S2/c1-8-4-5-10(6-9(8)2)20-14(22)11(13(21)18-16(20)25)7-12-15(23)19(3)17(24)26-12/h4-7,11H,1-3H3,(H,18,21,25)/b12-7+/t11-/m1/s1. The van der Waals surface area contributed by atoms with Gasteiger partial charge in [-0.3, -0.25) is 29.0 Å². The highest BCUT2D eigenvalue weighted by atomic mass is 32.2. The second kappa shape index (κ2) is 6.65. The molecule has 0 aromatic heterocycles. The van der Waals surface area contributed by atoms with Crippen molar-refractivity contribution in [2.45, 2.75) is 13.8 Å². The van der Waals surface area contributed by atoms with Crippen molar-refractivity contribution in [3.63, 3.8) is 0 Å². The number of nitrogens with zero attached hydrogens (tertiary/aromatic N) is 2. The first kappa shape index (κ1) is 18.3. The summed E-state index contributed by atoms with van der Waals surface area (Å²) >= 11 is 5.85. The van der Waals surface area contributed by atoms with Crippen LogP contribution in [-0.2, 0) is 14.4 Å². The quantitative estimate of drug-likeness (QED) is 0.472. The molecule has 0 aliphatic carbocycles. The monoisotopic (exact) mass is 389 g/mol. The van der Waals surface area contributed by atoms with E-state index in [9.17, 15) is 19.2 Å². The molecule has 2 saturated heterocycles. The third-order valence-corrected chi connectivity index (χ3v) is 5.52. The molecule has 3 rings (SSSR count). The molecule has 7 nitrogen and oxygen atoms in total. The first-order chi connectivity index (χ1) is 12.2. The van der Waals surface area contributed by atoms with Gasteiger partial charge in [-0.1, -0.05) is 6.07 Å². The summed E-state index contributed by atoms with van der Waals surface area (Å²) in [6.45, 7) is 3.85. The van der Waals surface area contributed by atoms with E-state index in [1.807, 2.05) is 19.9 Å². The van der Waals surface area contributed by atoms with E-state index in [1.54, 1.807) is 12.1 Å². The van der Waals surface area contributed by atoms with Gasteiger partial charge < -0.3 is 5.32 Å². The SMILES string of the molecule is Cc1ccc(N2C(=O)[C@H](/C=C3/SC(=O)N(C)C3=O)C(=O)NC2=S)cc1C. The van der Waals surface area contributed by atoms with Crippen molar-refractivity contribution >= 4 is 57.7 Å². The molecule has 2 heterocycles. The maximum absolute atomic E-state index is 12.9. The lowest BCUT2D eigenvalue weighted by atomic mass is 10.0. The van der Waals surface area contributed by atoms with E-state index in [1.165, 1.54) is 18.0 Å². The maximum atomic E-state index is 12.9. The first-order valence-electron chi connectivity index (χ1n) is 7.68. The summed E-state index contributed by atoms with van der Waals surface area (Å²) in [6.07, 6.45) is 1.22. The van der Waals surface area contributed by atoms with Crippen LogP contribution in [0.15, 0.2) is 29.2 Å². The van der Waals surface area contributed by atoms with Gasteiger partial charge in [-0.2, -0.15) is 0 Å². The van der Waals surface area contributed by atoms with Crippen LogP contribution in [0.5, 0.6) is 0 Å². The number of thioether (sulfide) groups is 1. The molecule has 2 aliphatic rings. The Bertz CT molecular complexity index is 909. The number of nitrogens with one attached hydrogen (secondary N) is 1. The Morgan fingerprint density at radius 1 is 1.15 bits per heavy atom. The Hall–Kier alpha value is -2.52. The van der Waals surface area contributed by atoms with Crippen molar-refractivity contribution in [2.24, 2.45) is 5.92 Å². The number of amides is 4. The predicted molar refractivity (Wildman–Crippen MR) is 101 cm³/mol. The third-order valence-electron chi connectivity index (χ3n) is 4.26. The molecule has 2 fully saturated rings. The number of carbonyl (C=O) groups is 4. The van der Waals surface area contributed by atoms with Crippen LogP contribution in [0.2, 0.25) is 0 Å². The van der Waals surface area contributed by atoms with Crippen molar-refractivity contribution in [1.29, 1.82) is 0 Å². The van der Waals surface area contributed by atoms with E-state index in [2.05, 4.69) is 5.32 Å². The molecule has 2 aliphatic heterocycles. The predicted octanol–water partition coefficient (Wildman–Crippen LogP) is 1.88. The molecule has 1 aromatic carbocycles. The third kappa shape index (κ3) is 3.04. The van der Waals surface area contributed by atoms with Crippen molar-refractivity contribution in [2.75, 3.05) is 11.9 Å². The second-order valence-electron chi connectivity index (χ2n) is 5.98. The van der Waals surface area contributed by atoms with Gasteiger partial charge in [0.2, 0.25) is 11.8 Å². The minimum Gasteiger partial charge on any atom is -0.301 e. The normalized spacial score (nSPS) is 22.5. The fourth-order valence-electron chi connectivity index (χ4n) is 2.56. The van der Waals surface area contributed by atoms with Crippen molar-refractivity contribution < 1.29 is 19.2 Å². The molecular weight excluding hydrogens is 374 g/mol. The molecule has 134 valence electrons. The molecular formula is C17H15N3O4S2. The second-order valence-corrected chi connectivity index (χ2v) is 7.36. The highest BCUT2D eigenvalue weighted by Crippen LogP contribution is 2.32. The summed E-state index contributed by atoms with van der Waals surface area (Å²) in [5.41, 5.74) is 2.56. The van der Waals surface area contributed by atoms with E-state index < -0.39 is 28.9 Å². The Labute approximate surface area is 159 Å². The van der Waals surface area contributed by atoms with Crippen LogP contribution in [0.25, 0.3) is 0 Å². The van der Waals surface area contributed by atoms with E-state index in [0.717, 1.165) is 16.0 Å². The number of anilines is 1. The summed E-state index contributed by atoms with van der Waals surface area (Å²) in [4.78, 5) is 51.1. The number of aryl methyl sites for hydroxylation is 2. The summed E-state index contributed by atoms with van der Waals surface area (Å²) in [5, 5.41) is 2.02. The van der Waals surface area contributed by atoms with Crippen LogP contribution in [0, 0.1) is 19.8 Å². The van der Waals surface area contributed by atoms with Gasteiger partial charge in [-0.05, 0) is 67.2 Å². The van der Waals surface area contributed by atoms with Gasteiger partial charge >= 0.3 is 0 Å². The molecule has 0 saturated carbocycles. The molecule has 9 heteroatoms. The topological polar surface area (TPSA) is 86.8 Å². The number of hydrogen-bond donors (Lipinski definition) is 1. The van der Waals surface area contributed by atoms with E-state index >= 15 is 0 Å².